The molecule has 16 heavy (non-hydrogen) atoms. The van der Waals surface area contributed by atoms with Gasteiger partial charge < -0.3 is 10.8 Å². The second-order valence-electron chi connectivity index (χ2n) is 3.54. The van der Waals surface area contributed by atoms with Gasteiger partial charge in [-0.05, 0) is 24.6 Å². The number of aromatic nitrogens is 1. The van der Waals surface area contributed by atoms with Crippen LogP contribution < -0.4 is 5.73 Å². The fourth-order valence-corrected chi connectivity index (χ4v) is 2.50. The van der Waals surface area contributed by atoms with E-state index in [1.54, 1.807) is 29.7 Å². The third-order valence-electron chi connectivity index (χ3n) is 2.47. The van der Waals surface area contributed by atoms with Gasteiger partial charge in [-0.1, -0.05) is 13.0 Å². The lowest BCUT2D eigenvalue weighted by atomic mass is 10.1. The Morgan fingerprint density at radius 1 is 1.44 bits per heavy atom. The number of hydrogen-bond donors (Lipinski definition) is 2. The molecule has 0 aromatic carbocycles. The van der Waals surface area contributed by atoms with Crippen LogP contribution >= 0.6 is 11.3 Å². The van der Waals surface area contributed by atoms with Crippen molar-refractivity contribution in [3.05, 3.63) is 45.8 Å². The first-order chi connectivity index (χ1) is 7.72. The van der Waals surface area contributed by atoms with E-state index < -0.39 is 6.10 Å². The van der Waals surface area contributed by atoms with E-state index >= 15 is 0 Å². The van der Waals surface area contributed by atoms with Gasteiger partial charge >= 0.3 is 0 Å². The fourth-order valence-electron chi connectivity index (χ4n) is 1.55. The first-order valence-electron chi connectivity index (χ1n) is 5.19. The summed E-state index contributed by atoms with van der Waals surface area (Å²) in [6, 6.07) is 7.57. The molecule has 3 nitrogen and oxygen atoms in total. The number of nitrogens with zero attached hydrogens (tertiary/aromatic N) is 1. The maximum absolute atomic E-state index is 10.2. The van der Waals surface area contributed by atoms with Crippen molar-refractivity contribution in [3.8, 4) is 0 Å². The summed E-state index contributed by atoms with van der Waals surface area (Å²) >= 11 is 1.61. The highest BCUT2D eigenvalue weighted by Gasteiger charge is 2.15. The smallest absolute Gasteiger partial charge is 0.129 e. The average molecular weight is 234 g/mol. The molecule has 2 aromatic heterocycles. The summed E-state index contributed by atoms with van der Waals surface area (Å²) in [7, 11) is 0. The molecule has 84 valence electrons. The Hall–Kier alpha value is -1.39. The molecule has 0 saturated heterocycles. The summed E-state index contributed by atoms with van der Waals surface area (Å²) < 4.78 is 0. The first-order valence-corrected chi connectivity index (χ1v) is 6.01. The van der Waals surface area contributed by atoms with Crippen molar-refractivity contribution >= 4 is 17.2 Å². The van der Waals surface area contributed by atoms with Crippen LogP contribution in [0.5, 0.6) is 0 Å². The molecule has 0 aliphatic rings. The van der Waals surface area contributed by atoms with E-state index in [2.05, 4.69) is 11.9 Å². The Kier molecular flexibility index (Phi) is 3.22. The van der Waals surface area contributed by atoms with Crippen LogP contribution in [0.25, 0.3) is 0 Å². The molecule has 0 saturated carbocycles. The lowest BCUT2D eigenvalue weighted by Gasteiger charge is -2.10. The van der Waals surface area contributed by atoms with Crippen LogP contribution in [0.2, 0.25) is 0 Å². The molecule has 3 N–H and O–H groups in total. The van der Waals surface area contributed by atoms with E-state index in [0.717, 1.165) is 11.3 Å². The summed E-state index contributed by atoms with van der Waals surface area (Å²) in [5.74, 6) is 0.390. The second kappa shape index (κ2) is 4.63. The van der Waals surface area contributed by atoms with Crippen molar-refractivity contribution in [2.24, 2.45) is 0 Å². The molecule has 1 unspecified atom stereocenters. The SMILES string of the molecule is CCc1ccc(C(O)c2cccnc2N)s1. The third-order valence-corrected chi connectivity index (χ3v) is 3.75. The molecule has 0 amide bonds. The molecule has 0 fully saturated rings. The fraction of sp³-hybridized carbons (Fsp3) is 0.250. The number of aliphatic hydroxyl groups excluding tert-OH is 1. The zero-order valence-electron chi connectivity index (χ0n) is 9.05. The van der Waals surface area contributed by atoms with E-state index in [1.165, 1.54) is 4.88 Å². The number of aliphatic hydroxyl groups is 1. The molecular weight excluding hydrogens is 220 g/mol. The maximum atomic E-state index is 10.2. The summed E-state index contributed by atoms with van der Waals surface area (Å²) in [5.41, 5.74) is 6.40. The molecule has 1 atom stereocenters. The van der Waals surface area contributed by atoms with Gasteiger partial charge in [-0.2, -0.15) is 0 Å². The summed E-state index contributed by atoms with van der Waals surface area (Å²) in [6.45, 7) is 2.10. The van der Waals surface area contributed by atoms with Gasteiger partial charge in [-0.3, -0.25) is 0 Å². The van der Waals surface area contributed by atoms with E-state index in [0.29, 0.717) is 11.4 Å². The molecule has 0 aliphatic heterocycles. The second-order valence-corrected chi connectivity index (χ2v) is 4.74. The van der Waals surface area contributed by atoms with Gasteiger partial charge in [0.2, 0.25) is 0 Å². The topological polar surface area (TPSA) is 59.1 Å². The predicted molar refractivity (Wildman–Crippen MR) is 66.4 cm³/mol. The van der Waals surface area contributed by atoms with Gasteiger partial charge in [0, 0.05) is 21.5 Å². The zero-order valence-corrected chi connectivity index (χ0v) is 9.87. The molecule has 2 rings (SSSR count). The van der Waals surface area contributed by atoms with E-state index in [-0.39, 0.29) is 0 Å². The molecular formula is C12H14N2OS. The Labute approximate surface area is 98.6 Å². The Bertz CT molecular complexity index is 481. The molecule has 4 heteroatoms. The number of pyridine rings is 1. The van der Waals surface area contributed by atoms with Crippen LogP contribution in [-0.4, -0.2) is 10.1 Å². The van der Waals surface area contributed by atoms with Gasteiger partial charge in [-0.25, -0.2) is 4.98 Å². The molecule has 0 spiro atoms. The lowest BCUT2D eigenvalue weighted by Crippen LogP contribution is -2.03. The van der Waals surface area contributed by atoms with Crippen molar-refractivity contribution in [3.63, 3.8) is 0 Å². The van der Waals surface area contributed by atoms with Crippen LogP contribution in [0, 0.1) is 0 Å². The van der Waals surface area contributed by atoms with Gasteiger partial charge in [0.15, 0.2) is 0 Å². The van der Waals surface area contributed by atoms with E-state index in [1.807, 2.05) is 12.1 Å². The number of aryl methyl sites for hydroxylation is 1. The zero-order chi connectivity index (χ0) is 11.5. The number of thiophene rings is 1. The van der Waals surface area contributed by atoms with Crippen LogP contribution in [0.1, 0.15) is 28.3 Å². The van der Waals surface area contributed by atoms with Crippen molar-refractivity contribution in [1.82, 2.24) is 4.98 Å². The molecule has 0 bridgehead atoms. The largest absolute Gasteiger partial charge is 0.383 e. The summed E-state index contributed by atoms with van der Waals surface area (Å²) in [4.78, 5) is 6.15. The summed E-state index contributed by atoms with van der Waals surface area (Å²) in [5, 5.41) is 10.2. The van der Waals surface area contributed by atoms with Gasteiger partial charge in [0.05, 0.1) is 0 Å². The van der Waals surface area contributed by atoms with Crippen LogP contribution in [0.15, 0.2) is 30.5 Å². The van der Waals surface area contributed by atoms with Crippen molar-refractivity contribution in [2.75, 3.05) is 5.73 Å². The lowest BCUT2D eigenvalue weighted by molar-refractivity contribution is 0.224. The third kappa shape index (κ3) is 2.08. The average Bonchev–Trinajstić information content (AvgIpc) is 2.77. The number of anilines is 1. The minimum absolute atomic E-state index is 0.390. The first kappa shape index (κ1) is 11.1. The van der Waals surface area contributed by atoms with E-state index in [4.69, 9.17) is 5.73 Å². The van der Waals surface area contributed by atoms with E-state index in [9.17, 15) is 5.11 Å². The van der Waals surface area contributed by atoms with Crippen LogP contribution in [-0.2, 0) is 6.42 Å². The normalized spacial score (nSPS) is 12.6. The predicted octanol–water partition coefficient (Wildman–Crippen LogP) is 2.37. The minimum Gasteiger partial charge on any atom is -0.383 e. The highest BCUT2D eigenvalue weighted by Crippen LogP contribution is 2.30. The van der Waals surface area contributed by atoms with Gasteiger partial charge in [-0.15, -0.1) is 11.3 Å². The Morgan fingerprint density at radius 3 is 2.88 bits per heavy atom. The summed E-state index contributed by atoms with van der Waals surface area (Å²) in [6.07, 6.45) is 1.94. The number of nitrogen functional groups attached to an aromatic ring is 1. The molecule has 0 radical (unpaired) electrons. The van der Waals surface area contributed by atoms with Crippen molar-refractivity contribution < 1.29 is 5.11 Å². The van der Waals surface area contributed by atoms with Gasteiger partial charge in [0.25, 0.3) is 0 Å². The number of hydrogen-bond acceptors (Lipinski definition) is 4. The Balaban J connectivity index is 2.31. The van der Waals surface area contributed by atoms with Gasteiger partial charge in [0.1, 0.15) is 11.9 Å². The highest BCUT2D eigenvalue weighted by molar-refractivity contribution is 7.12. The maximum Gasteiger partial charge on any atom is 0.129 e. The standard InChI is InChI=1S/C12H14N2OS/c1-2-8-5-6-10(16-8)11(15)9-4-3-7-14-12(9)13/h3-7,11,15H,2H2,1H3,(H2,13,14). The molecule has 2 aromatic rings. The Morgan fingerprint density at radius 2 is 2.25 bits per heavy atom. The minimum atomic E-state index is -0.668. The van der Waals surface area contributed by atoms with Crippen LogP contribution in [0.3, 0.4) is 0 Å². The number of rotatable bonds is 3. The highest BCUT2D eigenvalue weighted by atomic mass is 32.1. The molecule has 0 aliphatic carbocycles. The van der Waals surface area contributed by atoms with Crippen LogP contribution in [0.4, 0.5) is 5.82 Å². The molecule has 2 heterocycles. The monoisotopic (exact) mass is 234 g/mol. The number of nitrogens with two attached hydrogens (primary N) is 1. The quantitative estimate of drug-likeness (QED) is 0.857. The van der Waals surface area contributed by atoms with Crippen molar-refractivity contribution in [2.45, 2.75) is 19.4 Å². The van der Waals surface area contributed by atoms with Crippen molar-refractivity contribution in [1.29, 1.82) is 0 Å².